The number of anilines is 1. The summed E-state index contributed by atoms with van der Waals surface area (Å²) in [5.74, 6) is 1.97. The van der Waals surface area contributed by atoms with Crippen molar-refractivity contribution in [3.8, 4) is 17.2 Å². The smallest absolute Gasteiger partial charge is 0.322 e. The van der Waals surface area contributed by atoms with Gasteiger partial charge in [-0.05, 0) is 53.1 Å². The summed E-state index contributed by atoms with van der Waals surface area (Å²) >= 11 is 0. The molecule has 0 aromatic heterocycles. The lowest BCUT2D eigenvalue weighted by Crippen LogP contribution is -2.38. The molecule has 2 amide bonds. The Balaban J connectivity index is 1.75. The van der Waals surface area contributed by atoms with Crippen molar-refractivity contribution in [1.82, 2.24) is 4.90 Å². The molecule has 6 nitrogen and oxygen atoms in total. The highest BCUT2D eigenvalue weighted by molar-refractivity contribution is 5.90. The molecule has 6 heteroatoms. The van der Waals surface area contributed by atoms with E-state index in [-0.39, 0.29) is 12.1 Å². The minimum absolute atomic E-state index is 0.229. The zero-order chi connectivity index (χ0) is 25.3. The fraction of sp³-hybridized carbons (Fsp3) is 0.167. The van der Waals surface area contributed by atoms with Gasteiger partial charge in [-0.25, -0.2) is 4.79 Å². The van der Waals surface area contributed by atoms with Crippen LogP contribution in [-0.2, 0) is 6.54 Å². The topological polar surface area (TPSA) is 60.0 Å². The van der Waals surface area contributed by atoms with Gasteiger partial charge in [0.2, 0.25) is 0 Å². The highest BCUT2D eigenvalue weighted by Gasteiger charge is 2.27. The molecule has 0 aliphatic rings. The maximum atomic E-state index is 13.9. The van der Waals surface area contributed by atoms with Crippen LogP contribution in [0, 0.1) is 0 Å². The van der Waals surface area contributed by atoms with Crippen LogP contribution < -0.4 is 19.5 Å². The Labute approximate surface area is 212 Å². The minimum Gasteiger partial charge on any atom is -0.497 e. The summed E-state index contributed by atoms with van der Waals surface area (Å²) in [5, 5.41) is 3.06. The predicted octanol–water partition coefficient (Wildman–Crippen LogP) is 6.54. The summed E-state index contributed by atoms with van der Waals surface area (Å²) in [5.41, 5.74) is 3.61. The molecule has 0 saturated heterocycles. The summed E-state index contributed by atoms with van der Waals surface area (Å²) in [6, 6.07) is 32.5. The number of rotatable bonds is 9. The van der Waals surface area contributed by atoms with Crippen LogP contribution in [0.4, 0.5) is 10.5 Å². The van der Waals surface area contributed by atoms with Crippen LogP contribution >= 0.6 is 0 Å². The van der Waals surface area contributed by atoms with Gasteiger partial charge < -0.3 is 24.4 Å². The van der Waals surface area contributed by atoms with E-state index in [1.807, 2.05) is 108 Å². The van der Waals surface area contributed by atoms with Gasteiger partial charge in [0.15, 0.2) is 11.5 Å². The number of benzene rings is 4. The SMILES string of the molecule is COc1ccc(NC(=O)N(Cc2ccc(OC)c(OC)c2)C(c2ccccc2)c2ccccc2)cc1. The third kappa shape index (κ3) is 5.78. The zero-order valence-electron chi connectivity index (χ0n) is 20.7. The number of nitrogens with zero attached hydrogens (tertiary/aromatic N) is 1. The van der Waals surface area contributed by atoms with Crippen LogP contribution in [0.25, 0.3) is 0 Å². The van der Waals surface area contributed by atoms with Crippen LogP contribution in [0.1, 0.15) is 22.7 Å². The molecule has 0 aliphatic carbocycles. The van der Waals surface area contributed by atoms with Gasteiger partial charge in [-0.3, -0.25) is 0 Å². The largest absolute Gasteiger partial charge is 0.497 e. The molecule has 4 aromatic rings. The average Bonchev–Trinajstić information content (AvgIpc) is 2.94. The number of nitrogens with one attached hydrogen (secondary N) is 1. The minimum atomic E-state index is -0.321. The Kier molecular flexibility index (Phi) is 8.08. The van der Waals surface area contributed by atoms with E-state index < -0.39 is 0 Å². The van der Waals surface area contributed by atoms with Gasteiger partial charge in [-0.15, -0.1) is 0 Å². The van der Waals surface area contributed by atoms with Gasteiger partial charge in [0.25, 0.3) is 0 Å². The molecule has 0 heterocycles. The molecule has 0 bridgehead atoms. The molecule has 4 aromatic carbocycles. The van der Waals surface area contributed by atoms with E-state index in [4.69, 9.17) is 14.2 Å². The van der Waals surface area contributed by atoms with E-state index in [9.17, 15) is 4.79 Å². The van der Waals surface area contributed by atoms with Crippen LogP contribution in [0.2, 0.25) is 0 Å². The van der Waals surface area contributed by atoms with E-state index in [0.717, 1.165) is 22.4 Å². The number of carbonyl (C=O) groups excluding carboxylic acids is 1. The summed E-state index contributed by atoms with van der Waals surface area (Å²) in [6.45, 7) is 0.344. The Morgan fingerprint density at radius 1 is 0.722 bits per heavy atom. The van der Waals surface area contributed by atoms with Crippen LogP contribution in [0.15, 0.2) is 103 Å². The standard InChI is InChI=1S/C30H30N2O4/c1-34-26-17-15-25(16-18-26)31-30(33)32(21-22-14-19-27(35-2)28(20-22)36-3)29(23-10-6-4-7-11-23)24-12-8-5-9-13-24/h4-20,29H,21H2,1-3H3,(H,31,33). The maximum absolute atomic E-state index is 13.9. The Hall–Kier alpha value is -4.45. The van der Waals surface area contributed by atoms with E-state index in [2.05, 4.69) is 5.32 Å². The molecule has 0 fully saturated rings. The third-order valence-electron chi connectivity index (χ3n) is 5.95. The predicted molar refractivity (Wildman–Crippen MR) is 142 cm³/mol. The number of carbonyl (C=O) groups is 1. The fourth-order valence-electron chi connectivity index (χ4n) is 4.15. The van der Waals surface area contributed by atoms with Crippen molar-refractivity contribution in [3.05, 3.63) is 120 Å². The van der Waals surface area contributed by atoms with E-state index in [1.165, 1.54) is 0 Å². The fourth-order valence-corrected chi connectivity index (χ4v) is 4.15. The lowest BCUT2D eigenvalue weighted by Gasteiger charge is -2.33. The number of urea groups is 1. The van der Waals surface area contributed by atoms with Crippen molar-refractivity contribution >= 4 is 11.7 Å². The van der Waals surface area contributed by atoms with Gasteiger partial charge in [0.05, 0.1) is 27.4 Å². The van der Waals surface area contributed by atoms with Crippen molar-refractivity contribution in [2.24, 2.45) is 0 Å². The number of amides is 2. The van der Waals surface area contributed by atoms with Gasteiger partial charge in [0, 0.05) is 12.2 Å². The van der Waals surface area contributed by atoms with E-state index >= 15 is 0 Å². The summed E-state index contributed by atoms with van der Waals surface area (Å²) in [6.07, 6.45) is 0. The van der Waals surface area contributed by atoms with Crippen LogP contribution in [-0.4, -0.2) is 32.3 Å². The number of hydrogen-bond donors (Lipinski definition) is 1. The second-order valence-corrected chi connectivity index (χ2v) is 8.20. The monoisotopic (exact) mass is 482 g/mol. The highest BCUT2D eigenvalue weighted by Crippen LogP contribution is 2.33. The van der Waals surface area contributed by atoms with Gasteiger partial charge in [0.1, 0.15) is 5.75 Å². The second-order valence-electron chi connectivity index (χ2n) is 8.20. The Morgan fingerprint density at radius 2 is 1.31 bits per heavy atom. The molecule has 184 valence electrons. The quantitative estimate of drug-likeness (QED) is 0.294. The number of ether oxygens (including phenoxy) is 3. The summed E-state index contributed by atoms with van der Waals surface area (Å²) < 4.78 is 16.2. The first-order valence-electron chi connectivity index (χ1n) is 11.7. The van der Waals surface area contributed by atoms with Crippen molar-refractivity contribution in [1.29, 1.82) is 0 Å². The summed E-state index contributed by atoms with van der Waals surface area (Å²) in [7, 11) is 4.82. The molecular formula is C30H30N2O4. The van der Waals surface area contributed by atoms with Crippen molar-refractivity contribution in [2.45, 2.75) is 12.6 Å². The van der Waals surface area contributed by atoms with Crippen LogP contribution in [0.5, 0.6) is 17.2 Å². The molecule has 0 unspecified atom stereocenters. The highest BCUT2D eigenvalue weighted by atomic mass is 16.5. The van der Waals surface area contributed by atoms with Crippen molar-refractivity contribution in [2.75, 3.05) is 26.6 Å². The number of methoxy groups -OCH3 is 3. The first kappa shape index (κ1) is 24.7. The molecule has 4 rings (SSSR count). The molecule has 0 radical (unpaired) electrons. The molecule has 36 heavy (non-hydrogen) atoms. The molecular weight excluding hydrogens is 452 g/mol. The van der Waals surface area contributed by atoms with Gasteiger partial charge in [-0.2, -0.15) is 0 Å². The van der Waals surface area contributed by atoms with Crippen LogP contribution in [0.3, 0.4) is 0 Å². The molecule has 0 saturated carbocycles. The zero-order valence-corrected chi connectivity index (χ0v) is 20.7. The summed E-state index contributed by atoms with van der Waals surface area (Å²) in [4.78, 5) is 15.7. The molecule has 0 atom stereocenters. The first-order chi connectivity index (χ1) is 17.6. The Morgan fingerprint density at radius 3 is 1.83 bits per heavy atom. The molecule has 1 N–H and O–H groups in total. The Bertz CT molecular complexity index is 1220. The average molecular weight is 483 g/mol. The third-order valence-corrected chi connectivity index (χ3v) is 5.95. The van der Waals surface area contributed by atoms with Gasteiger partial charge in [-0.1, -0.05) is 66.7 Å². The van der Waals surface area contributed by atoms with E-state index in [0.29, 0.717) is 23.7 Å². The van der Waals surface area contributed by atoms with Crippen molar-refractivity contribution < 1.29 is 19.0 Å². The van der Waals surface area contributed by atoms with E-state index in [1.54, 1.807) is 21.3 Å². The lowest BCUT2D eigenvalue weighted by molar-refractivity contribution is 0.194. The lowest BCUT2D eigenvalue weighted by atomic mass is 9.96. The number of hydrogen-bond acceptors (Lipinski definition) is 4. The van der Waals surface area contributed by atoms with Gasteiger partial charge >= 0.3 is 6.03 Å². The second kappa shape index (κ2) is 11.8. The van der Waals surface area contributed by atoms with Crippen molar-refractivity contribution in [3.63, 3.8) is 0 Å². The normalized spacial score (nSPS) is 10.6. The first-order valence-corrected chi connectivity index (χ1v) is 11.7. The molecule has 0 aliphatic heterocycles. The maximum Gasteiger partial charge on any atom is 0.322 e. The molecule has 0 spiro atoms.